The van der Waals surface area contributed by atoms with Crippen LogP contribution in [0.2, 0.25) is 0 Å². The Labute approximate surface area is 170 Å². The Morgan fingerprint density at radius 2 is 1.86 bits per heavy atom. The highest BCUT2D eigenvalue weighted by molar-refractivity contribution is 7.19. The summed E-state index contributed by atoms with van der Waals surface area (Å²) < 4.78 is 0. The molecule has 2 aromatic heterocycles. The average molecular weight is 406 g/mol. The first-order valence-corrected chi connectivity index (χ1v) is 9.73. The van der Waals surface area contributed by atoms with Gasteiger partial charge >= 0.3 is 0 Å². The molecule has 0 radical (unpaired) electrons. The van der Waals surface area contributed by atoms with E-state index >= 15 is 0 Å². The van der Waals surface area contributed by atoms with Crippen molar-refractivity contribution in [3.8, 4) is 16.9 Å². The molecule has 0 saturated heterocycles. The number of nitro groups is 1. The molecule has 4 rings (SSSR count). The quantitative estimate of drug-likeness (QED) is 0.258. The number of nitrogens with one attached hydrogen (secondary N) is 1. The molecule has 2 N–H and O–H groups in total. The molecule has 2 aromatic carbocycles. The molecule has 29 heavy (non-hydrogen) atoms. The first-order chi connectivity index (χ1) is 13.8. The summed E-state index contributed by atoms with van der Waals surface area (Å²) in [5.41, 5.74) is 4.56. The zero-order valence-electron chi connectivity index (χ0n) is 16.1. The van der Waals surface area contributed by atoms with Crippen LogP contribution in [-0.4, -0.2) is 20.0 Å². The summed E-state index contributed by atoms with van der Waals surface area (Å²) in [7, 11) is 0. The lowest BCUT2D eigenvalue weighted by Crippen LogP contribution is -1.97. The third kappa shape index (κ3) is 3.38. The van der Waals surface area contributed by atoms with Gasteiger partial charge in [0.2, 0.25) is 0 Å². The number of benzene rings is 2. The van der Waals surface area contributed by atoms with Gasteiger partial charge in [0.1, 0.15) is 22.7 Å². The molecule has 7 nitrogen and oxygen atoms in total. The van der Waals surface area contributed by atoms with Crippen LogP contribution in [0.15, 0.2) is 42.7 Å². The Morgan fingerprint density at radius 3 is 2.59 bits per heavy atom. The maximum absolute atomic E-state index is 11.1. The zero-order chi connectivity index (χ0) is 20.7. The van der Waals surface area contributed by atoms with Crippen LogP contribution in [0, 0.1) is 30.9 Å². The van der Waals surface area contributed by atoms with Crippen molar-refractivity contribution in [2.45, 2.75) is 20.8 Å². The SMILES string of the molecule is Cc1ccc(-c2c(C)sc3ncnc(Nc4cc([N+](=O)[O-])ccc4O)c23)cc1C. The highest BCUT2D eigenvalue weighted by atomic mass is 32.1. The van der Waals surface area contributed by atoms with Crippen LogP contribution in [-0.2, 0) is 0 Å². The smallest absolute Gasteiger partial charge is 0.271 e. The van der Waals surface area contributed by atoms with Crippen LogP contribution in [0.3, 0.4) is 0 Å². The number of aromatic nitrogens is 2. The number of phenolic OH excluding ortho intramolecular Hbond substituents is 1. The molecule has 0 aliphatic carbocycles. The van der Waals surface area contributed by atoms with Gasteiger partial charge in [-0.2, -0.15) is 0 Å². The van der Waals surface area contributed by atoms with Gasteiger partial charge in [0.25, 0.3) is 5.69 Å². The molecule has 2 heterocycles. The molecular formula is C21H18N4O3S. The fourth-order valence-electron chi connectivity index (χ4n) is 3.25. The molecule has 8 heteroatoms. The highest BCUT2D eigenvalue weighted by Crippen LogP contribution is 2.42. The fraction of sp³-hybridized carbons (Fsp3) is 0.143. The molecule has 0 aliphatic rings. The maximum atomic E-state index is 11.1. The Bertz CT molecular complexity index is 1270. The van der Waals surface area contributed by atoms with E-state index in [1.54, 1.807) is 11.3 Å². The van der Waals surface area contributed by atoms with E-state index < -0.39 is 4.92 Å². The Kier molecular flexibility index (Phi) is 4.63. The number of nitrogens with zero attached hydrogens (tertiary/aromatic N) is 3. The molecule has 0 unspecified atom stereocenters. The molecule has 0 spiro atoms. The van der Waals surface area contributed by atoms with Crippen LogP contribution in [0.5, 0.6) is 5.75 Å². The maximum Gasteiger partial charge on any atom is 0.271 e. The van der Waals surface area contributed by atoms with E-state index in [0.29, 0.717) is 5.82 Å². The van der Waals surface area contributed by atoms with Crippen LogP contribution in [0.4, 0.5) is 17.2 Å². The number of hydrogen-bond donors (Lipinski definition) is 2. The van der Waals surface area contributed by atoms with Gasteiger partial charge < -0.3 is 10.4 Å². The van der Waals surface area contributed by atoms with Crippen molar-refractivity contribution in [1.82, 2.24) is 9.97 Å². The monoisotopic (exact) mass is 406 g/mol. The Balaban J connectivity index is 1.90. The van der Waals surface area contributed by atoms with E-state index in [1.807, 2.05) is 6.92 Å². The van der Waals surface area contributed by atoms with Crippen molar-refractivity contribution >= 4 is 38.7 Å². The van der Waals surface area contributed by atoms with Gasteiger partial charge in [0, 0.05) is 22.6 Å². The average Bonchev–Trinajstić information content (AvgIpc) is 3.02. The lowest BCUT2D eigenvalue weighted by atomic mass is 9.99. The lowest BCUT2D eigenvalue weighted by molar-refractivity contribution is -0.384. The standard InChI is InChI=1S/C21H18N4O3S/c1-11-4-5-14(8-12(11)2)18-13(3)29-21-19(18)20(22-10-23-21)24-16-9-15(25(27)28)6-7-17(16)26/h4-10,26H,1-3H3,(H,22,23,24). The molecule has 0 aliphatic heterocycles. The summed E-state index contributed by atoms with van der Waals surface area (Å²) in [6, 6.07) is 10.1. The van der Waals surface area contributed by atoms with Crippen molar-refractivity contribution in [1.29, 1.82) is 0 Å². The summed E-state index contributed by atoms with van der Waals surface area (Å²) in [4.78, 5) is 21.3. The van der Waals surface area contributed by atoms with Gasteiger partial charge in [-0.3, -0.25) is 10.1 Å². The number of aryl methyl sites for hydroxylation is 3. The van der Waals surface area contributed by atoms with Crippen LogP contribution >= 0.6 is 11.3 Å². The topological polar surface area (TPSA) is 101 Å². The second-order valence-corrected chi connectivity index (χ2v) is 8.02. The lowest BCUT2D eigenvalue weighted by Gasteiger charge is -2.11. The van der Waals surface area contributed by atoms with Crippen molar-refractivity contribution in [3.63, 3.8) is 0 Å². The number of hydrogen-bond acceptors (Lipinski definition) is 7. The Morgan fingerprint density at radius 1 is 1.07 bits per heavy atom. The summed E-state index contributed by atoms with van der Waals surface area (Å²) in [5, 5.41) is 25.2. The van der Waals surface area contributed by atoms with E-state index in [2.05, 4.69) is 47.3 Å². The van der Waals surface area contributed by atoms with Crippen LogP contribution < -0.4 is 5.32 Å². The summed E-state index contributed by atoms with van der Waals surface area (Å²) in [6.07, 6.45) is 1.44. The fourth-order valence-corrected chi connectivity index (χ4v) is 4.26. The molecule has 0 bridgehead atoms. The summed E-state index contributed by atoms with van der Waals surface area (Å²) >= 11 is 1.56. The predicted molar refractivity (Wildman–Crippen MR) is 115 cm³/mol. The summed E-state index contributed by atoms with van der Waals surface area (Å²) in [6.45, 7) is 6.17. The van der Waals surface area contributed by atoms with Gasteiger partial charge in [0.05, 0.1) is 16.0 Å². The number of aromatic hydroxyl groups is 1. The van der Waals surface area contributed by atoms with E-state index in [1.165, 1.54) is 35.7 Å². The van der Waals surface area contributed by atoms with E-state index in [4.69, 9.17) is 0 Å². The van der Waals surface area contributed by atoms with Crippen LogP contribution in [0.25, 0.3) is 21.3 Å². The van der Waals surface area contributed by atoms with Gasteiger partial charge in [-0.25, -0.2) is 9.97 Å². The van der Waals surface area contributed by atoms with Crippen LogP contribution in [0.1, 0.15) is 16.0 Å². The minimum absolute atomic E-state index is 0.0953. The van der Waals surface area contributed by atoms with Crippen molar-refractivity contribution < 1.29 is 10.0 Å². The first kappa shape index (κ1) is 18.8. The molecule has 0 fully saturated rings. The first-order valence-electron chi connectivity index (χ1n) is 8.91. The van der Waals surface area contributed by atoms with E-state index in [-0.39, 0.29) is 17.1 Å². The largest absolute Gasteiger partial charge is 0.506 e. The Hall–Kier alpha value is -3.52. The normalized spacial score (nSPS) is 11.0. The number of fused-ring (bicyclic) bond motifs is 1. The molecule has 146 valence electrons. The third-order valence-corrected chi connectivity index (χ3v) is 5.92. The second-order valence-electron chi connectivity index (χ2n) is 6.82. The number of thiophene rings is 1. The number of rotatable bonds is 4. The minimum atomic E-state index is -0.505. The van der Waals surface area contributed by atoms with Gasteiger partial charge in [0.15, 0.2) is 0 Å². The van der Waals surface area contributed by atoms with Gasteiger partial charge in [-0.15, -0.1) is 11.3 Å². The highest BCUT2D eigenvalue weighted by Gasteiger charge is 2.19. The van der Waals surface area contributed by atoms with E-state index in [9.17, 15) is 15.2 Å². The summed E-state index contributed by atoms with van der Waals surface area (Å²) in [5.74, 6) is 0.394. The van der Waals surface area contributed by atoms with Crippen molar-refractivity contribution in [3.05, 3.63) is 68.8 Å². The number of nitro benzene ring substituents is 1. The van der Waals surface area contributed by atoms with Crippen molar-refractivity contribution in [2.75, 3.05) is 5.32 Å². The second kappa shape index (κ2) is 7.14. The van der Waals surface area contributed by atoms with Gasteiger partial charge in [-0.1, -0.05) is 18.2 Å². The molecular weight excluding hydrogens is 388 g/mol. The minimum Gasteiger partial charge on any atom is -0.506 e. The van der Waals surface area contributed by atoms with Crippen molar-refractivity contribution in [2.24, 2.45) is 0 Å². The molecule has 4 aromatic rings. The number of anilines is 2. The zero-order valence-corrected chi connectivity index (χ0v) is 16.9. The van der Waals surface area contributed by atoms with E-state index in [0.717, 1.165) is 26.2 Å². The molecule has 0 saturated carbocycles. The predicted octanol–water partition coefficient (Wildman–Crippen LogP) is 5.64. The number of phenols is 1. The third-order valence-electron chi connectivity index (χ3n) is 4.90. The van der Waals surface area contributed by atoms with Gasteiger partial charge in [-0.05, 0) is 43.5 Å². The molecule has 0 amide bonds. The number of non-ortho nitro benzene ring substituents is 1. The molecule has 0 atom stereocenters.